The standard InChI is InChI=1S/C18H21FN4O5S2/c1-2-23(9-15(24)20-14-7-8-30(26,27)11-14)16(25)10-29-18-22-21-17(28-18)12-3-5-13(19)6-4-12/h3-6,14H,2,7-11H2,1H3,(H,20,24). The molecule has 30 heavy (non-hydrogen) atoms. The van der Waals surface area contributed by atoms with Crippen LogP contribution in [0, 0.1) is 5.82 Å². The number of nitrogens with one attached hydrogen (secondary N) is 1. The topological polar surface area (TPSA) is 122 Å². The number of benzene rings is 1. The molecule has 162 valence electrons. The number of rotatable bonds is 8. The number of carbonyl (C=O) groups is 2. The Morgan fingerprint density at radius 1 is 1.30 bits per heavy atom. The van der Waals surface area contributed by atoms with Gasteiger partial charge in [0, 0.05) is 18.2 Å². The van der Waals surface area contributed by atoms with E-state index in [1.807, 2.05) is 0 Å². The first-order valence-corrected chi connectivity index (χ1v) is 12.1. The number of hydrogen-bond acceptors (Lipinski definition) is 8. The Bertz CT molecular complexity index is 1010. The SMILES string of the molecule is CCN(CC(=O)NC1CCS(=O)(=O)C1)C(=O)CSc1nnc(-c2ccc(F)cc2)o1. The van der Waals surface area contributed by atoms with E-state index in [-0.39, 0.29) is 46.6 Å². The lowest BCUT2D eigenvalue weighted by Gasteiger charge is -2.21. The summed E-state index contributed by atoms with van der Waals surface area (Å²) >= 11 is 1.03. The predicted octanol–water partition coefficient (Wildman–Crippen LogP) is 1.12. The van der Waals surface area contributed by atoms with E-state index < -0.39 is 21.8 Å². The van der Waals surface area contributed by atoms with Gasteiger partial charge in [0.25, 0.3) is 5.22 Å². The number of sulfone groups is 1. The molecule has 1 aromatic carbocycles. The van der Waals surface area contributed by atoms with Crippen LogP contribution in [0.4, 0.5) is 4.39 Å². The molecule has 1 saturated heterocycles. The van der Waals surface area contributed by atoms with Gasteiger partial charge < -0.3 is 14.6 Å². The highest BCUT2D eigenvalue weighted by atomic mass is 32.2. The Labute approximate surface area is 177 Å². The summed E-state index contributed by atoms with van der Waals surface area (Å²) in [5.41, 5.74) is 0.558. The zero-order chi connectivity index (χ0) is 21.7. The van der Waals surface area contributed by atoms with Crippen LogP contribution < -0.4 is 5.32 Å². The summed E-state index contributed by atoms with van der Waals surface area (Å²) in [6.07, 6.45) is 0.386. The summed E-state index contributed by atoms with van der Waals surface area (Å²) in [6, 6.07) is 5.17. The molecule has 0 saturated carbocycles. The highest BCUT2D eigenvalue weighted by Crippen LogP contribution is 2.23. The Morgan fingerprint density at radius 3 is 2.67 bits per heavy atom. The molecule has 3 rings (SSSR count). The van der Waals surface area contributed by atoms with Gasteiger partial charge in [0.15, 0.2) is 9.84 Å². The maximum atomic E-state index is 13.0. The quantitative estimate of drug-likeness (QED) is 0.587. The molecule has 1 N–H and O–H groups in total. The van der Waals surface area contributed by atoms with E-state index >= 15 is 0 Å². The van der Waals surface area contributed by atoms with Gasteiger partial charge in [-0.2, -0.15) is 0 Å². The second-order valence-corrected chi connectivity index (χ2v) is 9.90. The van der Waals surface area contributed by atoms with Crippen molar-refractivity contribution in [3.63, 3.8) is 0 Å². The predicted molar refractivity (Wildman–Crippen MR) is 108 cm³/mol. The van der Waals surface area contributed by atoms with E-state index in [2.05, 4.69) is 15.5 Å². The zero-order valence-corrected chi connectivity index (χ0v) is 17.8. The normalized spacial score (nSPS) is 17.6. The van der Waals surface area contributed by atoms with Crippen molar-refractivity contribution in [2.24, 2.45) is 0 Å². The first kappa shape index (κ1) is 22.2. The molecule has 12 heteroatoms. The summed E-state index contributed by atoms with van der Waals surface area (Å²) in [4.78, 5) is 26.0. The molecule has 0 spiro atoms. The van der Waals surface area contributed by atoms with Crippen LogP contribution in [0.15, 0.2) is 33.9 Å². The molecule has 1 atom stereocenters. The molecule has 2 aromatic rings. The minimum atomic E-state index is -3.09. The molecular formula is C18H21FN4O5S2. The van der Waals surface area contributed by atoms with E-state index in [4.69, 9.17) is 4.42 Å². The third-order valence-electron chi connectivity index (χ3n) is 4.48. The largest absolute Gasteiger partial charge is 0.411 e. The summed E-state index contributed by atoms with van der Waals surface area (Å²) in [5.74, 6) is -0.867. The van der Waals surface area contributed by atoms with Crippen molar-refractivity contribution in [1.82, 2.24) is 20.4 Å². The molecule has 1 unspecified atom stereocenters. The van der Waals surface area contributed by atoms with Gasteiger partial charge in [-0.1, -0.05) is 11.8 Å². The van der Waals surface area contributed by atoms with Crippen LogP contribution in [0.25, 0.3) is 11.5 Å². The van der Waals surface area contributed by atoms with Gasteiger partial charge >= 0.3 is 0 Å². The van der Waals surface area contributed by atoms with E-state index in [1.165, 1.54) is 29.2 Å². The van der Waals surface area contributed by atoms with E-state index in [9.17, 15) is 22.4 Å². The van der Waals surface area contributed by atoms with Gasteiger partial charge in [0.1, 0.15) is 5.82 Å². The van der Waals surface area contributed by atoms with Crippen LogP contribution in [0.5, 0.6) is 0 Å². The van der Waals surface area contributed by atoms with Crippen LogP contribution in [0.3, 0.4) is 0 Å². The smallest absolute Gasteiger partial charge is 0.277 e. The Hall–Kier alpha value is -2.47. The first-order chi connectivity index (χ1) is 14.3. The van der Waals surface area contributed by atoms with Gasteiger partial charge in [0.2, 0.25) is 17.7 Å². The first-order valence-electron chi connectivity index (χ1n) is 9.25. The third-order valence-corrected chi connectivity index (χ3v) is 7.05. The molecule has 9 nitrogen and oxygen atoms in total. The molecule has 0 bridgehead atoms. The minimum Gasteiger partial charge on any atom is -0.411 e. The summed E-state index contributed by atoms with van der Waals surface area (Å²) in [5, 5.41) is 10.6. The van der Waals surface area contributed by atoms with Crippen molar-refractivity contribution < 1.29 is 26.8 Å². The van der Waals surface area contributed by atoms with Crippen LogP contribution in [-0.4, -0.2) is 71.7 Å². The molecule has 1 fully saturated rings. The molecule has 2 heterocycles. The number of carbonyl (C=O) groups excluding carboxylic acids is 2. The number of hydrogen-bond donors (Lipinski definition) is 1. The Kier molecular flexibility index (Phi) is 7.08. The lowest BCUT2D eigenvalue weighted by molar-refractivity contribution is -0.134. The van der Waals surface area contributed by atoms with Gasteiger partial charge in [-0.05, 0) is 37.6 Å². The van der Waals surface area contributed by atoms with Gasteiger partial charge in [-0.25, -0.2) is 12.8 Å². The molecule has 0 radical (unpaired) electrons. The lowest BCUT2D eigenvalue weighted by Crippen LogP contribution is -2.45. The summed E-state index contributed by atoms with van der Waals surface area (Å²) in [6.45, 7) is 1.91. The number of amides is 2. The average Bonchev–Trinajstić information content (AvgIpc) is 3.31. The van der Waals surface area contributed by atoms with E-state index in [0.717, 1.165) is 11.8 Å². The molecule has 0 aliphatic carbocycles. The number of halogens is 1. The maximum absolute atomic E-state index is 13.0. The van der Waals surface area contributed by atoms with Crippen molar-refractivity contribution in [3.05, 3.63) is 30.1 Å². The number of thioether (sulfide) groups is 1. The van der Waals surface area contributed by atoms with Crippen molar-refractivity contribution in [1.29, 1.82) is 0 Å². The fraction of sp³-hybridized carbons (Fsp3) is 0.444. The van der Waals surface area contributed by atoms with Crippen molar-refractivity contribution >= 4 is 33.4 Å². The van der Waals surface area contributed by atoms with Crippen molar-refractivity contribution in [2.75, 3.05) is 30.3 Å². The van der Waals surface area contributed by atoms with Crippen LogP contribution >= 0.6 is 11.8 Å². The Morgan fingerprint density at radius 2 is 2.03 bits per heavy atom. The average molecular weight is 457 g/mol. The van der Waals surface area contributed by atoms with Crippen LogP contribution in [0.2, 0.25) is 0 Å². The van der Waals surface area contributed by atoms with Gasteiger partial charge in [0.05, 0.1) is 23.8 Å². The second-order valence-electron chi connectivity index (χ2n) is 6.74. The minimum absolute atomic E-state index is 0.00994. The summed E-state index contributed by atoms with van der Waals surface area (Å²) in [7, 11) is -3.09. The second kappa shape index (κ2) is 9.56. The van der Waals surface area contributed by atoms with Gasteiger partial charge in [-0.15, -0.1) is 10.2 Å². The highest BCUT2D eigenvalue weighted by molar-refractivity contribution is 7.99. The zero-order valence-electron chi connectivity index (χ0n) is 16.2. The highest BCUT2D eigenvalue weighted by Gasteiger charge is 2.29. The van der Waals surface area contributed by atoms with Crippen LogP contribution in [-0.2, 0) is 19.4 Å². The molecular weight excluding hydrogens is 435 g/mol. The molecule has 1 aromatic heterocycles. The lowest BCUT2D eigenvalue weighted by atomic mass is 10.2. The van der Waals surface area contributed by atoms with Crippen LogP contribution in [0.1, 0.15) is 13.3 Å². The molecule has 2 amide bonds. The number of likely N-dealkylation sites (N-methyl/N-ethyl adjacent to an activating group) is 1. The number of nitrogens with zero attached hydrogens (tertiary/aromatic N) is 3. The maximum Gasteiger partial charge on any atom is 0.277 e. The monoisotopic (exact) mass is 456 g/mol. The fourth-order valence-electron chi connectivity index (χ4n) is 2.92. The van der Waals surface area contributed by atoms with E-state index in [0.29, 0.717) is 18.5 Å². The van der Waals surface area contributed by atoms with Crippen molar-refractivity contribution in [3.8, 4) is 11.5 Å². The number of aromatic nitrogens is 2. The fourth-order valence-corrected chi connectivity index (χ4v) is 5.26. The summed E-state index contributed by atoms with van der Waals surface area (Å²) < 4.78 is 41.4. The molecule has 1 aliphatic rings. The van der Waals surface area contributed by atoms with Gasteiger partial charge in [-0.3, -0.25) is 9.59 Å². The molecule has 1 aliphatic heterocycles. The van der Waals surface area contributed by atoms with Crippen molar-refractivity contribution in [2.45, 2.75) is 24.6 Å². The Balaban J connectivity index is 1.49. The third kappa shape index (κ3) is 6.02. The van der Waals surface area contributed by atoms with E-state index in [1.54, 1.807) is 6.92 Å².